The van der Waals surface area contributed by atoms with Crippen LogP contribution in [0.1, 0.15) is 0 Å². The van der Waals surface area contributed by atoms with Crippen molar-refractivity contribution in [3.63, 3.8) is 0 Å². The van der Waals surface area contributed by atoms with Gasteiger partial charge in [-0.2, -0.15) is 8.78 Å². The van der Waals surface area contributed by atoms with Crippen molar-refractivity contribution in [2.75, 3.05) is 6.38 Å². The van der Waals surface area contributed by atoms with Gasteiger partial charge < -0.3 is 0 Å². The van der Waals surface area contributed by atoms with Gasteiger partial charge in [-0.05, 0) is 0 Å². The van der Waals surface area contributed by atoms with E-state index in [1.807, 2.05) is 0 Å². The highest BCUT2D eigenvalue weighted by molar-refractivity contribution is 6.15. The second kappa shape index (κ2) is 7.75. The third kappa shape index (κ3) is 18.2. The molecular formula is C4H5ClF4. The van der Waals surface area contributed by atoms with Crippen molar-refractivity contribution >= 4 is 11.6 Å². The van der Waals surface area contributed by atoms with E-state index in [9.17, 15) is 17.6 Å². The van der Waals surface area contributed by atoms with Gasteiger partial charge in [-0.1, -0.05) is 0 Å². The van der Waals surface area contributed by atoms with E-state index in [-0.39, 0.29) is 0 Å². The molecule has 0 atom stereocenters. The zero-order valence-corrected chi connectivity index (χ0v) is 5.30. The summed E-state index contributed by atoms with van der Waals surface area (Å²) in [6, 6.07) is 0. The molecule has 0 nitrogen and oxygen atoms in total. The molecule has 5 heteroatoms. The van der Waals surface area contributed by atoms with Crippen molar-refractivity contribution in [3.05, 3.63) is 12.2 Å². The first kappa shape index (κ1) is 11.5. The van der Waals surface area contributed by atoms with Crippen molar-refractivity contribution in [1.29, 1.82) is 0 Å². The molecule has 0 rings (SSSR count). The standard InChI is InChI=1S/C3H2F4.CH3Cl/c4-2(5)1-3(6)7;1-2/h1-2H;1H3. The van der Waals surface area contributed by atoms with Gasteiger partial charge in [-0.25, -0.2) is 8.78 Å². The molecule has 0 fully saturated rings. The fourth-order valence-electron chi connectivity index (χ4n) is 0.0952. The van der Waals surface area contributed by atoms with Crippen molar-refractivity contribution in [2.45, 2.75) is 6.43 Å². The zero-order chi connectivity index (χ0) is 7.86. The van der Waals surface area contributed by atoms with Crippen molar-refractivity contribution < 1.29 is 17.6 Å². The average Bonchev–Trinajstić information content (AvgIpc) is 1.68. The lowest BCUT2D eigenvalue weighted by Crippen LogP contribution is -1.79. The maximum atomic E-state index is 10.7. The van der Waals surface area contributed by atoms with Gasteiger partial charge in [0.25, 0.3) is 12.5 Å². The topological polar surface area (TPSA) is 0 Å². The first-order chi connectivity index (χ1) is 4.13. The Morgan fingerprint density at radius 3 is 1.67 bits per heavy atom. The molecule has 0 radical (unpaired) electrons. The quantitative estimate of drug-likeness (QED) is 0.413. The monoisotopic (exact) mass is 164 g/mol. The minimum Gasteiger partial charge on any atom is -0.205 e. The van der Waals surface area contributed by atoms with Gasteiger partial charge in [0.15, 0.2) is 0 Å². The zero-order valence-electron chi connectivity index (χ0n) is 4.54. The highest BCUT2D eigenvalue weighted by atomic mass is 35.5. The largest absolute Gasteiger partial charge is 0.271 e. The summed E-state index contributed by atoms with van der Waals surface area (Å²) in [5.74, 6) is 0. The third-order valence-corrected chi connectivity index (χ3v) is 0.252. The normalized spacial score (nSPS) is 7.89. The number of halogens is 5. The minimum atomic E-state index is -3.04. The Morgan fingerprint density at radius 1 is 1.33 bits per heavy atom. The summed E-state index contributed by atoms with van der Waals surface area (Å²) in [7, 11) is 0. The van der Waals surface area contributed by atoms with Gasteiger partial charge in [0, 0.05) is 12.5 Å². The Bertz CT molecular complexity index is 76.6. The fraction of sp³-hybridized carbons (Fsp3) is 0.500. The second-order valence-corrected chi connectivity index (χ2v) is 0.791. The van der Waals surface area contributed by atoms with Crippen LogP contribution in [-0.2, 0) is 0 Å². The van der Waals surface area contributed by atoms with Crippen LogP contribution in [-0.4, -0.2) is 12.8 Å². The van der Waals surface area contributed by atoms with Crippen molar-refractivity contribution in [2.24, 2.45) is 0 Å². The average molecular weight is 165 g/mol. The second-order valence-electron chi connectivity index (χ2n) is 0.791. The summed E-state index contributed by atoms with van der Waals surface area (Å²) in [6.07, 6.45) is -4.32. The fourth-order valence-corrected chi connectivity index (χ4v) is 0.0952. The summed E-state index contributed by atoms with van der Waals surface area (Å²) in [5.41, 5.74) is 0. The van der Waals surface area contributed by atoms with E-state index in [0.29, 0.717) is 0 Å². The molecule has 0 heterocycles. The minimum absolute atomic E-state index is 0.417. The molecule has 0 aromatic rings. The number of hydrogen-bond acceptors (Lipinski definition) is 0. The summed E-state index contributed by atoms with van der Waals surface area (Å²) in [5, 5.41) is 0. The maximum Gasteiger partial charge on any atom is 0.271 e. The molecule has 9 heavy (non-hydrogen) atoms. The van der Waals surface area contributed by atoms with E-state index in [1.54, 1.807) is 0 Å². The Morgan fingerprint density at radius 2 is 1.67 bits per heavy atom. The molecule has 0 saturated carbocycles. The SMILES string of the molecule is CCl.FC(F)=CC(F)F. The molecule has 0 spiro atoms. The number of alkyl halides is 3. The van der Waals surface area contributed by atoms with Gasteiger partial charge in [0.1, 0.15) is 0 Å². The lowest BCUT2D eigenvalue weighted by molar-refractivity contribution is 0.196. The molecule has 0 unspecified atom stereocenters. The van der Waals surface area contributed by atoms with E-state index in [2.05, 4.69) is 11.6 Å². The van der Waals surface area contributed by atoms with Crippen LogP contribution in [0, 0.1) is 0 Å². The van der Waals surface area contributed by atoms with Crippen LogP contribution in [0.4, 0.5) is 17.6 Å². The van der Waals surface area contributed by atoms with Crippen molar-refractivity contribution in [3.8, 4) is 0 Å². The van der Waals surface area contributed by atoms with Crippen LogP contribution in [0.2, 0.25) is 0 Å². The molecular weight excluding hydrogens is 159 g/mol. The van der Waals surface area contributed by atoms with E-state index in [0.717, 1.165) is 0 Å². The molecule has 0 aliphatic heterocycles. The highest BCUT2D eigenvalue weighted by Gasteiger charge is 1.97. The predicted molar refractivity (Wildman–Crippen MR) is 28.1 cm³/mol. The summed E-state index contributed by atoms with van der Waals surface area (Å²) in [6.45, 7) is 0. The third-order valence-electron chi connectivity index (χ3n) is 0.252. The summed E-state index contributed by atoms with van der Waals surface area (Å²) < 4.78 is 42.8. The van der Waals surface area contributed by atoms with Crippen LogP contribution in [0.25, 0.3) is 0 Å². The maximum absolute atomic E-state index is 10.7. The lowest BCUT2D eigenvalue weighted by Gasteiger charge is -1.80. The van der Waals surface area contributed by atoms with Crippen LogP contribution < -0.4 is 0 Å². The Balaban J connectivity index is 0. The molecule has 0 aliphatic rings. The van der Waals surface area contributed by atoms with E-state index >= 15 is 0 Å². The van der Waals surface area contributed by atoms with Gasteiger partial charge in [0.05, 0.1) is 0 Å². The first-order valence-corrected chi connectivity index (χ1v) is 2.57. The number of rotatable bonds is 1. The lowest BCUT2D eigenvalue weighted by atomic mass is 10.7. The number of allylic oxidation sites excluding steroid dienone is 1. The highest BCUT2D eigenvalue weighted by Crippen LogP contribution is 2.02. The Hall–Kier alpha value is -0.250. The van der Waals surface area contributed by atoms with Gasteiger partial charge in [-0.15, -0.1) is 11.6 Å². The smallest absolute Gasteiger partial charge is 0.205 e. The molecule has 0 bridgehead atoms. The summed E-state index contributed by atoms with van der Waals surface area (Å²) in [4.78, 5) is 0. The van der Waals surface area contributed by atoms with E-state index in [1.165, 1.54) is 6.38 Å². The van der Waals surface area contributed by atoms with Crippen LogP contribution in [0.5, 0.6) is 0 Å². The Labute approximate surface area is 55.1 Å². The van der Waals surface area contributed by atoms with Gasteiger partial charge in [-0.3, -0.25) is 0 Å². The van der Waals surface area contributed by atoms with Crippen LogP contribution in [0.15, 0.2) is 12.2 Å². The molecule has 0 aromatic carbocycles. The first-order valence-electron chi connectivity index (χ1n) is 1.81. The van der Waals surface area contributed by atoms with Crippen LogP contribution >= 0.6 is 11.6 Å². The summed E-state index contributed by atoms with van der Waals surface area (Å²) >= 11 is 4.64. The molecule has 0 N–H and O–H groups in total. The molecule has 0 saturated heterocycles. The van der Waals surface area contributed by atoms with Crippen molar-refractivity contribution in [1.82, 2.24) is 0 Å². The predicted octanol–water partition coefficient (Wildman–Crippen LogP) is 2.89. The Kier molecular flexibility index (Phi) is 9.93. The van der Waals surface area contributed by atoms with Crippen LogP contribution in [0.3, 0.4) is 0 Å². The van der Waals surface area contributed by atoms with E-state index in [4.69, 9.17) is 0 Å². The molecule has 0 aliphatic carbocycles. The molecule has 56 valence electrons. The van der Waals surface area contributed by atoms with Gasteiger partial charge in [0.2, 0.25) is 0 Å². The van der Waals surface area contributed by atoms with Gasteiger partial charge >= 0.3 is 0 Å². The number of hydrogen-bond donors (Lipinski definition) is 0. The molecule has 0 amide bonds. The van der Waals surface area contributed by atoms with E-state index < -0.39 is 18.6 Å². The molecule has 0 aromatic heterocycles.